The first kappa shape index (κ1) is 12.7. The SMILES string of the molecule is O=C1CN(C(=O)N2CCCCC2)C(C(=O)O)CN1. The van der Waals surface area contributed by atoms with E-state index in [4.69, 9.17) is 5.11 Å². The molecule has 2 fully saturated rings. The lowest BCUT2D eigenvalue weighted by molar-refractivity contribution is -0.144. The number of hydrogen-bond donors (Lipinski definition) is 2. The highest BCUT2D eigenvalue weighted by Gasteiger charge is 2.37. The average molecular weight is 255 g/mol. The molecule has 2 aliphatic heterocycles. The van der Waals surface area contributed by atoms with Crippen LogP contribution >= 0.6 is 0 Å². The Bertz CT molecular complexity index is 365. The molecule has 2 heterocycles. The number of piperidine rings is 1. The molecule has 2 aliphatic rings. The molecule has 1 atom stereocenters. The highest BCUT2D eigenvalue weighted by Crippen LogP contribution is 2.14. The fourth-order valence-electron chi connectivity index (χ4n) is 2.33. The van der Waals surface area contributed by atoms with E-state index in [0.29, 0.717) is 13.1 Å². The summed E-state index contributed by atoms with van der Waals surface area (Å²) in [6.45, 7) is 1.09. The van der Waals surface area contributed by atoms with Gasteiger partial charge >= 0.3 is 12.0 Å². The number of urea groups is 1. The summed E-state index contributed by atoms with van der Waals surface area (Å²) in [5.41, 5.74) is 0. The molecule has 7 heteroatoms. The highest BCUT2D eigenvalue weighted by atomic mass is 16.4. The van der Waals surface area contributed by atoms with Gasteiger partial charge in [0.05, 0.1) is 0 Å². The Morgan fingerprint density at radius 2 is 1.89 bits per heavy atom. The Labute approximate surface area is 105 Å². The molecule has 2 N–H and O–H groups in total. The maximum atomic E-state index is 12.2. The Morgan fingerprint density at radius 3 is 2.50 bits per heavy atom. The zero-order valence-corrected chi connectivity index (χ0v) is 10.1. The van der Waals surface area contributed by atoms with Gasteiger partial charge in [-0.1, -0.05) is 0 Å². The summed E-state index contributed by atoms with van der Waals surface area (Å²) in [5, 5.41) is 11.5. The second kappa shape index (κ2) is 5.24. The fourth-order valence-corrected chi connectivity index (χ4v) is 2.33. The van der Waals surface area contributed by atoms with E-state index >= 15 is 0 Å². The van der Waals surface area contributed by atoms with Crippen molar-refractivity contribution in [3.63, 3.8) is 0 Å². The van der Waals surface area contributed by atoms with Gasteiger partial charge in [0.15, 0.2) is 0 Å². The molecule has 0 aliphatic carbocycles. The van der Waals surface area contributed by atoms with Crippen molar-refractivity contribution in [1.82, 2.24) is 15.1 Å². The van der Waals surface area contributed by atoms with E-state index in [0.717, 1.165) is 24.2 Å². The van der Waals surface area contributed by atoms with Crippen molar-refractivity contribution in [2.45, 2.75) is 25.3 Å². The van der Waals surface area contributed by atoms with Crippen molar-refractivity contribution in [1.29, 1.82) is 0 Å². The van der Waals surface area contributed by atoms with Gasteiger partial charge in [0.1, 0.15) is 12.6 Å². The minimum absolute atomic E-state index is 0.0201. The van der Waals surface area contributed by atoms with Crippen molar-refractivity contribution in [2.75, 3.05) is 26.2 Å². The standard InChI is InChI=1S/C11H17N3O4/c15-9-7-14(8(6-12-9)10(16)17)11(18)13-4-2-1-3-5-13/h8H,1-7H2,(H,12,15)(H,16,17). The van der Waals surface area contributed by atoms with Crippen LogP contribution in [-0.4, -0.2) is 65.0 Å². The first-order chi connectivity index (χ1) is 8.59. The van der Waals surface area contributed by atoms with E-state index in [1.54, 1.807) is 4.90 Å². The fraction of sp³-hybridized carbons (Fsp3) is 0.727. The molecule has 7 nitrogen and oxygen atoms in total. The Hall–Kier alpha value is -1.79. The number of carbonyl (C=O) groups excluding carboxylic acids is 2. The topological polar surface area (TPSA) is 90.0 Å². The maximum Gasteiger partial charge on any atom is 0.328 e. The van der Waals surface area contributed by atoms with Gasteiger partial charge in [-0.3, -0.25) is 9.69 Å². The van der Waals surface area contributed by atoms with Crippen molar-refractivity contribution in [3.8, 4) is 0 Å². The number of carboxylic acid groups (broad SMARTS) is 1. The van der Waals surface area contributed by atoms with E-state index in [1.165, 1.54) is 0 Å². The normalized spacial score (nSPS) is 24.7. The molecule has 18 heavy (non-hydrogen) atoms. The molecule has 0 aromatic carbocycles. The van der Waals surface area contributed by atoms with Gasteiger partial charge in [-0.25, -0.2) is 9.59 Å². The zero-order valence-electron chi connectivity index (χ0n) is 10.1. The third-order valence-electron chi connectivity index (χ3n) is 3.34. The van der Waals surface area contributed by atoms with E-state index in [-0.39, 0.29) is 25.0 Å². The minimum Gasteiger partial charge on any atom is -0.480 e. The number of aliphatic carboxylic acids is 1. The second-order valence-electron chi connectivity index (χ2n) is 4.62. The summed E-state index contributed by atoms with van der Waals surface area (Å²) in [6, 6.07) is -1.30. The van der Waals surface area contributed by atoms with Crippen LogP contribution in [0.25, 0.3) is 0 Å². The Morgan fingerprint density at radius 1 is 1.22 bits per heavy atom. The molecule has 0 aromatic heterocycles. The molecule has 2 rings (SSSR count). The number of nitrogens with zero attached hydrogens (tertiary/aromatic N) is 2. The van der Waals surface area contributed by atoms with Crippen LogP contribution in [0.1, 0.15) is 19.3 Å². The Kier molecular flexibility index (Phi) is 3.69. The summed E-state index contributed by atoms with van der Waals surface area (Å²) in [4.78, 5) is 37.4. The summed E-state index contributed by atoms with van der Waals surface area (Å²) >= 11 is 0. The third kappa shape index (κ3) is 2.55. The van der Waals surface area contributed by atoms with E-state index in [9.17, 15) is 14.4 Å². The molecule has 100 valence electrons. The van der Waals surface area contributed by atoms with Gasteiger partial charge < -0.3 is 15.3 Å². The Balaban J connectivity index is 2.08. The van der Waals surface area contributed by atoms with Gasteiger partial charge in [-0.2, -0.15) is 0 Å². The van der Waals surface area contributed by atoms with E-state index < -0.39 is 12.0 Å². The smallest absolute Gasteiger partial charge is 0.328 e. The van der Waals surface area contributed by atoms with Crippen LogP contribution in [0.15, 0.2) is 0 Å². The van der Waals surface area contributed by atoms with Crippen LogP contribution in [0.3, 0.4) is 0 Å². The summed E-state index contributed by atoms with van der Waals surface area (Å²) in [5.74, 6) is -1.39. The van der Waals surface area contributed by atoms with E-state index in [1.807, 2.05) is 0 Å². The van der Waals surface area contributed by atoms with Gasteiger partial charge in [-0.05, 0) is 19.3 Å². The average Bonchev–Trinajstić information content (AvgIpc) is 2.38. The molecule has 2 saturated heterocycles. The predicted octanol–water partition coefficient (Wildman–Crippen LogP) is -0.523. The minimum atomic E-state index is -1.08. The zero-order chi connectivity index (χ0) is 13.1. The second-order valence-corrected chi connectivity index (χ2v) is 4.62. The van der Waals surface area contributed by atoms with Crippen LogP contribution in [-0.2, 0) is 9.59 Å². The van der Waals surface area contributed by atoms with Gasteiger partial charge in [-0.15, -0.1) is 0 Å². The molecular formula is C11H17N3O4. The van der Waals surface area contributed by atoms with Crippen molar-refractivity contribution < 1.29 is 19.5 Å². The summed E-state index contributed by atoms with van der Waals surface area (Å²) < 4.78 is 0. The monoisotopic (exact) mass is 255 g/mol. The van der Waals surface area contributed by atoms with Gasteiger partial charge in [0, 0.05) is 19.6 Å². The molecule has 0 radical (unpaired) electrons. The largest absolute Gasteiger partial charge is 0.480 e. The molecule has 0 bridgehead atoms. The number of amides is 3. The number of carbonyl (C=O) groups is 3. The molecule has 1 unspecified atom stereocenters. The molecule has 3 amide bonds. The molecular weight excluding hydrogens is 238 g/mol. The number of carboxylic acids is 1. The van der Waals surface area contributed by atoms with Crippen LogP contribution in [0.2, 0.25) is 0 Å². The first-order valence-corrected chi connectivity index (χ1v) is 6.14. The number of rotatable bonds is 1. The van der Waals surface area contributed by atoms with Crippen molar-refractivity contribution in [2.24, 2.45) is 0 Å². The molecule has 0 spiro atoms. The lowest BCUT2D eigenvalue weighted by Gasteiger charge is -2.37. The number of piperazine rings is 1. The summed E-state index contributed by atoms with van der Waals surface area (Å²) in [7, 11) is 0. The van der Waals surface area contributed by atoms with Gasteiger partial charge in [0.2, 0.25) is 5.91 Å². The van der Waals surface area contributed by atoms with Crippen LogP contribution in [0.4, 0.5) is 4.79 Å². The van der Waals surface area contributed by atoms with Gasteiger partial charge in [0.25, 0.3) is 0 Å². The predicted molar refractivity (Wildman–Crippen MR) is 62.0 cm³/mol. The van der Waals surface area contributed by atoms with Crippen molar-refractivity contribution in [3.05, 3.63) is 0 Å². The highest BCUT2D eigenvalue weighted by molar-refractivity contribution is 5.90. The van der Waals surface area contributed by atoms with Crippen molar-refractivity contribution >= 4 is 17.9 Å². The first-order valence-electron chi connectivity index (χ1n) is 6.14. The molecule has 0 aromatic rings. The maximum absolute atomic E-state index is 12.2. The lowest BCUT2D eigenvalue weighted by Crippen LogP contribution is -2.62. The summed E-state index contributed by atoms with van der Waals surface area (Å²) in [6.07, 6.45) is 2.96. The lowest BCUT2D eigenvalue weighted by atomic mass is 10.1. The number of nitrogens with one attached hydrogen (secondary N) is 1. The number of likely N-dealkylation sites (tertiary alicyclic amines) is 1. The third-order valence-corrected chi connectivity index (χ3v) is 3.34. The quantitative estimate of drug-likeness (QED) is 0.659. The van der Waals surface area contributed by atoms with Crippen LogP contribution in [0, 0.1) is 0 Å². The van der Waals surface area contributed by atoms with E-state index in [2.05, 4.69) is 5.32 Å². The van der Waals surface area contributed by atoms with Crippen LogP contribution < -0.4 is 5.32 Å². The molecule has 0 saturated carbocycles. The number of hydrogen-bond acceptors (Lipinski definition) is 3. The van der Waals surface area contributed by atoms with Crippen LogP contribution in [0.5, 0.6) is 0 Å².